The van der Waals surface area contributed by atoms with E-state index < -0.39 is 0 Å². The first-order valence-corrected chi connectivity index (χ1v) is 9.11. The Bertz CT molecular complexity index is 528. The van der Waals surface area contributed by atoms with Crippen molar-refractivity contribution in [3.63, 3.8) is 0 Å². The lowest BCUT2D eigenvalue weighted by Crippen LogP contribution is -2.52. The first-order valence-electron chi connectivity index (χ1n) is 8.32. The summed E-state index contributed by atoms with van der Waals surface area (Å²) in [5.41, 5.74) is 1.20. The molecule has 0 amide bonds. The van der Waals surface area contributed by atoms with Gasteiger partial charge in [0.1, 0.15) is 0 Å². The quantitative estimate of drug-likeness (QED) is 0.840. The Labute approximate surface area is 148 Å². The van der Waals surface area contributed by atoms with E-state index in [2.05, 4.69) is 21.2 Å². The third-order valence-corrected chi connectivity index (χ3v) is 5.29. The number of benzene rings is 1. The van der Waals surface area contributed by atoms with Crippen molar-refractivity contribution in [1.82, 2.24) is 15.1 Å². The van der Waals surface area contributed by atoms with Crippen molar-refractivity contribution < 1.29 is 4.74 Å². The fraction of sp³-hybridized carbons (Fsp3) is 0.588. The summed E-state index contributed by atoms with van der Waals surface area (Å²) in [5.74, 6) is 0. The Kier molecular flexibility index (Phi) is 6.11. The first kappa shape index (κ1) is 17.0. The fourth-order valence-electron chi connectivity index (χ4n) is 3.09. The molecule has 126 valence electrons. The average molecular weight is 354 g/mol. The lowest BCUT2D eigenvalue weighted by atomic mass is 10.2. The van der Waals surface area contributed by atoms with Gasteiger partial charge in [-0.25, -0.2) is 0 Å². The molecule has 2 aliphatic rings. The zero-order valence-corrected chi connectivity index (χ0v) is 14.9. The molecule has 0 bridgehead atoms. The number of hydrogen-bond donors (Lipinski definition) is 1. The van der Waals surface area contributed by atoms with Crippen LogP contribution in [0.25, 0.3) is 0 Å². The molecule has 3 rings (SSSR count). The summed E-state index contributed by atoms with van der Waals surface area (Å²) < 4.78 is 5.62. The maximum Gasteiger partial charge on any atom is 0.169 e. The molecule has 1 atom stereocenters. The second kappa shape index (κ2) is 8.29. The Hall–Kier alpha value is -0.880. The van der Waals surface area contributed by atoms with Gasteiger partial charge in [-0.05, 0) is 36.7 Å². The van der Waals surface area contributed by atoms with Gasteiger partial charge in [0.15, 0.2) is 5.11 Å². The lowest BCUT2D eigenvalue weighted by Gasteiger charge is -2.36. The molecule has 2 fully saturated rings. The van der Waals surface area contributed by atoms with Crippen LogP contribution in [-0.4, -0.2) is 60.3 Å². The van der Waals surface area contributed by atoms with Gasteiger partial charge in [-0.3, -0.25) is 4.90 Å². The molecule has 2 aliphatic heterocycles. The zero-order chi connectivity index (χ0) is 16.1. The number of hydrogen-bond acceptors (Lipinski definition) is 3. The van der Waals surface area contributed by atoms with E-state index in [1.165, 1.54) is 12.0 Å². The summed E-state index contributed by atoms with van der Waals surface area (Å²) in [5, 5.41) is 5.07. The lowest BCUT2D eigenvalue weighted by molar-refractivity contribution is 0.112. The Balaban J connectivity index is 1.41. The highest BCUT2D eigenvalue weighted by atomic mass is 35.5. The summed E-state index contributed by atoms with van der Waals surface area (Å²) in [6.07, 6.45) is 2.63. The Morgan fingerprint density at radius 3 is 2.74 bits per heavy atom. The number of halogens is 1. The number of piperazine rings is 1. The largest absolute Gasteiger partial charge is 0.376 e. The third-order valence-electron chi connectivity index (χ3n) is 4.52. The van der Waals surface area contributed by atoms with Crippen LogP contribution in [0.2, 0.25) is 5.02 Å². The van der Waals surface area contributed by atoms with Crippen molar-refractivity contribution in [3.05, 3.63) is 34.9 Å². The highest BCUT2D eigenvalue weighted by Gasteiger charge is 2.21. The molecule has 0 saturated carbocycles. The van der Waals surface area contributed by atoms with Crippen LogP contribution in [-0.2, 0) is 11.3 Å². The summed E-state index contributed by atoms with van der Waals surface area (Å²) in [6, 6.07) is 8.07. The molecule has 0 spiro atoms. The highest BCUT2D eigenvalue weighted by molar-refractivity contribution is 7.80. The van der Waals surface area contributed by atoms with E-state index >= 15 is 0 Å². The SMILES string of the molecule is S=C(NCC1CCCO1)N1CCN(Cc2ccccc2Cl)CC1. The van der Waals surface area contributed by atoms with Crippen LogP contribution in [0.15, 0.2) is 24.3 Å². The van der Waals surface area contributed by atoms with Crippen molar-refractivity contribution in [2.24, 2.45) is 0 Å². The normalized spacial score (nSPS) is 22.3. The maximum absolute atomic E-state index is 6.25. The second-order valence-corrected chi connectivity index (χ2v) is 6.97. The molecule has 1 aromatic carbocycles. The molecule has 2 heterocycles. The van der Waals surface area contributed by atoms with Gasteiger partial charge in [0, 0.05) is 50.9 Å². The van der Waals surface area contributed by atoms with Gasteiger partial charge in [0.05, 0.1) is 6.10 Å². The van der Waals surface area contributed by atoms with Gasteiger partial charge in [-0.15, -0.1) is 0 Å². The minimum absolute atomic E-state index is 0.328. The van der Waals surface area contributed by atoms with E-state index in [-0.39, 0.29) is 0 Å². The van der Waals surface area contributed by atoms with Crippen LogP contribution in [0.5, 0.6) is 0 Å². The van der Waals surface area contributed by atoms with E-state index in [4.69, 9.17) is 28.6 Å². The minimum Gasteiger partial charge on any atom is -0.376 e. The van der Waals surface area contributed by atoms with Gasteiger partial charge in [-0.2, -0.15) is 0 Å². The van der Waals surface area contributed by atoms with Crippen LogP contribution in [0.3, 0.4) is 0 Å². The molecule has 0 aliphatic carbocycles. The number of nitrogens with zero attached hydrogens (tertiary/aromatic N) is 2. The minimum atomic E-state index is 0.328. The van der Waals surface area contributed by atoms with E-state index in [1.807, 2.05) is 18.2 Å². The molecular formula is C17H24ClN3OS. The standard InChI is InChI=1S/C17H24ClN3OS/c18-16-6-2-1-4-14(16)13-20-7-9-21(10-8-20)17(23)19-12-15-5-3-11-22-15/h1-2,4,6,15H,3,5,7-13H2,(H,19,23). The monoisotopic (exact) mass is 353 g/mol. The van der Waals surface area contributed by atoms with Crippen LogP contribution in [0.4, 0.5) is 0 Å². The second-order valence-electron chi connectivity index (χ2n) is 6.18. The number of ether oxygens (including phenoxy) is 1. The topological polar surface area (TPSA) is 27.7 Å². The van der Waals surface area contributed by atoms with Crippen LogP contribution < -0.4 is 5.32 Å². The van der Waals surface area contributed by atoms with E-state index in [1.54, 1.807) is 0 Å². The predicted octanol–water partition coefficient (Wildman–Crippen LogP) is 2.51. The van der Waals surface area contributed by atoms with Crippen molar-refractivity contribution in [1.29, 1.82) is 0 Å². The van der Waals surface area contributed by atoms with E-state index in [0.717, 1.165) is 62.4 Å². The fourth-order valence-corrected chi connectivity index (χ4v) is 3.56. The number of rotatable bonds is 4. The van der Waals surface area contributed by atoms with E-state index in [9.17, 15) is 0 Å². The van der Waals surface area contributed by atoms with Gasteiger partial charge in [0.2, 0.25) is 0 Å². The summed E-state index contributed by atoms with van der Waals surface area (Å²) in [4.78, 5) is 4.69. The van der Waals surface area contributed by atoms with Crippen LogP contribution in [0.1, 0.15) is 18.4 Å². The van der Waals surface area contributed by atoms with Gasteiger partial charge in [0.25, 0.3) is 0 Å². The van der Waals surface area contributed by atoms with Crippen LogP contribution in [0, 0.1) is 0 Å². The van der Waals surface area contributed by atoms with Gasteiger partial charge >= 0.3 is 0 Å². The molecule has 1 unspecified atom stereocenters. The van der Waals surface area contributed by atoms with Crippen molar-refractivity contribution in [2.45, 2.75) is 25.5 Å². The van der Waals surface area contributed by atoms with Gasteiger partial charge < -0.3 is 15.0 Å². The molecule has 0 aromatic heterocycles. The molecule has 2 saturated heterocycles. The van der Waals surface area contributed by atoms with Crippen molar-refractivity contribution >= 4 is 28.9 Å². The van der Waals surface area contributed by atoms with Crippen molar-refractivity contribution in [3.8, 4) is 0 Å². The molecule has 1 aromatic rings. The molecular weight excluding hydrogens is 330 g/mol. The number of thiocarbonyl (C=S) groups is 1. The number of nitrogens with one attached hydrogen (secondary N) is 1. The van der Waals surface area contributed by atoms with Gasteiger partial charge in [-0.1, -0.05) is 29.8 Å². The highest BCUT2D eigenvalue weighted by Crippen LogP contribution is 2.18. The van der Waals surface area contributed by atoms with E-state index in [0.29, 0.717) is 6.10 Å². The summed E-state index contributed by atoms with van der Waals surface area (Å²) >= 11 is 11.8. The Morgan fingerprint density at radius 1 is 1.26 bits per heavy atom. The predicted molar refractivity (Wildman–Crippen MR) is 97.9 cm³/mol. The average Bonchev–Trinajstić information content (AvgIpc) is 3.09. The molecule has 0 radical (unpaired) electrons. The van der Waals surface area contributed by atoms with Crippen molar-refractivity contribution in [2.75, 3.05) is 39.3 Å². The molecule has 6 heteroatoms. The third kappa shape index (κ3) is 4.80. The Morgan fingerprint density at radius 2 is 2.04 bits per heavy atom. The summed E-state index contributed by atoms with van der Waals surface area (Å²) in [6.45, 7) is 6.56. The summed E-state index contributed by atoms with van der Waals surface area (Å²) in [7, 11) is 0. The van der Waals surface area contributed by atoms with Crippen LogP contribution >= 0.6 is 23.8 Å². The smallest absolute Gasteiger partial charge is 0.169 e. The zero-order valence-electron chi connectivity index (χ0n) is 13.3. The molecule has 4 nitrogen and oxygen atoms in total. The maximum atomic E-state index is 6.25. The molecule has 23 heavy (non-hydrogen) atoms. The molecule has 1 N–H and O–H groups in total. The first-order chi connectivity index (χ1) is 11.2.